The second kappa shape index (κ2) is 14.3. The SMILES string of the molecule is c1ccc(N(c2ccccc2)c2c3c4c(c(N(c5ccccc5)c5ccccc5)c2N(c2ccccc2)c2ccccc2)Oc2cccc5c2B4c2c(cccc2O3)O5)cc1. The highest BCUT2D eigenvalue weighted by atomic mass is 16.5. The van der Waals surface area contributed by atoms with Gasteiger partial charge in [0, 0.05) is 50.5 Å². The molecule has 9 aromatic carbocycles. The Hall–Kier alpha value is -8.16. The Labute approximate surface area is 354 Å². The van der Waals surface area contributed by atoms with E-state index in [0.29, 0.717) is 11.5 Å². The average Bonchev–Trinajstić information content (AvgIpc) is 3.33. The van der Waals surface area contributed by atoms with Crippen molar-refractivity contribution in [3.8, 4) is 34.5 Å². The van der Waals surface area contributed by atoms with E-state index < -0.39 is 0 Å². The lowest BCUT2D eigenvalue weighted by Crippen LogP contribution is -2.60. The molecule has 0 bridgehead atoms. The van der Waals surface area contributed by atoms with Gasteiger partial charge in [0.05, 0.1) is 0 Å². The zero-order valence-corrected chi connectivity index (χ0v) is 32.9. The fourth-order valence-corrected chi connectivity index (χ4v) is 9.21. The molecule has 0 fully saturated rings. The molecule has 9 aromatic rings. The van der Waals surface area contributed by atoms with E-state index in [1.54, 1.807) is 0 Å². The minimum atomic E-state index is -0.256. The van der Waals surface area contributed by atoms with Crippen LogP contribution in [0.2, 0.25) is 0 Å². The minimum Gasteiger partial charge on any atom is -0.458 e. The molecule has 0 amide bonds. The van der Waals surface area contributed by atoms with Gasteiger partial charge in [-0.05, 0) is 97.1 Å². The maximum Gasteiger partial charge on any atom is 0.270 e. The predicted octanol–water partition coefficient (Wildman–Crippen LogP) is 12.9. The summed E-state index contributed by atoms with van der Waals surface area (Å²) >= 11 is 0. The van der Waals surface area contributed by atoms with Crippen LogP contribution in [0, 0.1) is 0 Å². The van der Waals surface area contributed by atoms with Crippen molar-refractivity contribution in [3.05, 3.63) is 218 Å². The van der Waals surface area contributed by atoms with E-state index in [1.807, 2.05) is 24.3 Å². The van der Waals surface area contributed by atoms with Gasteiger partial charge in [0.15, 0.2) is 11.5 Å². The summed E-state index contributed by atoms with van der Waals surface area (Å²) in [6.45, 7) is -0.256. The van der Waals surface area contributed by atoms with Gasteiger partial charge in [-0.2, -0.15) is 0 Å². The highest BCUT2D eigenvalue weighted by Gasteiger charge is 2.51. The van der Waals surface area contributed by atoms with E-state index in [9.17, 15) is 0 Å². The molecule has 0 atom stereocenters. The Balaban J connectivity index is 1.33. The molecule has 7 heteroatoms. The van der Waals surface area contributed by atoms with Gasteiger partial charge in [0.2, 0.25) is 0 Å². The first-order chi connectivity index (χ1) is 30.3. The zero-order chi connectivity index (χ0) is 40.3. The van der Waals surface area contributed by atoms with Gasteiger partial charge in [-0.15, -0.1) is 0 Å². The lowest BCUT2D eigenvalue weighted by atomic mass is 9.33. The van der Waals surface area contributed by atoms with Crippen molar-refractivity contribution in [2.75, 3.05) is 14.7 Å². The number of benzene rings is 9. The number of anilines is 9. The highest BCUT2D eigenvalue weighted by Crippen LogP contribution is 2.61. The van der Waals surface area contributed by atoms with E-state index in [-0.39, 0.29) is 6.71 Å². The van der Waals surface area contributed by atoms with Gasteiger partial charge in [-0.3, -0.25) is 0 Å². The molecule has 0 unspecified atom stereocenters. The molecule has 6 nitrogen and oxygen atoms in total. The first-order valence-electron chi connectivity index (χ1n) is 20.6. The summed E-state index contributed by atoms with van der Waals surface area (Å²) in [4.78, 5) is 7.04. The lowest BCUT2D eigenvalue weighted by Gasteiger charge is -2.44. The topological polar surface area (TPSA) is 37.4 Å². The van der Waals surface area contributed by atoms with Crippen LogP contribution in [0.1, 0.15) is 0 Å². The minimum absolute atomic E-state index is 0.256. The largest absolute Gasteiger partial charge is 0.458 e. The van der Waals surface area contributed by atoms with Crippen molar-refractivity contribution in [1.29, 1.82) is 0 Å². The van der Waals surface area contributed by atoms with E-state index in [4.69, 9.17) is 14.2 Å². The second-order valence-corrected chi connectivity index (χ2v) is 15.2. The van der Waals surface area contributed by atoms with Crippen LogP contribution in [-0.4, -0.2) is 6.71 Å². The summed E-state index contributed by atoms with van der Waals surface area (Å²) in [5.74, 6) is 4.46. The van der Waals surface area contributed by atoms with E-state index >= 15 is 0 Å². The molecule has 61 heavy (non-hydrogen) atoms. The summed E-state index contributed by atoms with van der Waals surface area (Å²) in [6, 6.07) is 75.7. The molecule has 12 rings (SSSR count). The van der Waals surface area contributed by atoms with Gasteiger partial charge in [0.25, 0.3) is 6.71 Å². The molecule has 0 spiro atoms. The van der Waals surface area contributed by atoms with Gasteiger partial charge in [-0.1, -0.05) is 121 Å². The van der Waals surface area contributed by atoms with Crippen LogP contribution in [0.25, 0.3) is 0 Å². The third-order valence-corrected chi connectivity index (χ3v) is 11.7. The predicted molar refractivity (Wildman–Crippen MR) is 248 cm³/mol. The molecule has 0 radical (unpaired) electrons. The summed E-state index contributed by atoms with van der Waals surface area (Å²) in [5, 5.41) is 0. The standard InChI is InChI=1S/C54H36BN3O3/c1-7-21-37(22-8-1)56(38-23-9-2-10-24-38)50-51(57(39-25-11-3-12-26-39)40-27-13-4-14-28-40)53-49-54(52(50)58(41-29-15-5-16-30-41)42-31-17-6-18-32-42)61-46-36-20-34-44-48(46)55(49)47-43(59-44)33-19-35-45(47)60-53/h1-36H. The Morgan fingerprint density at radius 3 is 0.803 bits per heavy atom. The normalized spacial score (nSPS) is 12.3. The molecule has 3 heterocycles. The monoisotopic (exact) mass is 785 g/mol. The molecular weight excluding hydrogens is 749 g/mol. The van der Waals surface area contributed by atoms with Crippen LogP contribution in [0.3, 0.4) is 0 Å². The maximum atomic E-state index is 7.47. The number of hydrogen-bond acceptors (Lipinski definition) is 6. The molecular formula is C54H36BN3O3. The lowest BCUT2D eigenvalue weighted by molar-refractivity contribution is 0.444. The molecule has 0 N–H and O–H groups in total. The van der Waals surface area contributed by atoms with Crippen molar-refractivity contribution < 1.29 is 14.2 Å². The number of hydrogen-bond donors (Lipinski definition) is 0. The third-order valence-electron chi connectivity index (χ3n) is 11.7. The van der Waals surface area contributed by atoms with Gasteiger partial charge in [0.1, 0.15) is 40.1 Å². The fourth-order valence-electron chi connectivity index (χ4n) is 9.21. The summed E-state index contributed by atoms with van der Waals surface area (Å²) in [6.07, 6.45) is 0. The molecule has 0 saturated carbocycles. The number of rotatable bonds is 9. The molecule has 0 saturated heterocycles. The van der Waals surface area contributed by atoms with Crippen molar-refractivity contribution in [1.82, 2.24) is 0 Å². The summed E-state index contributed by atoms with van der Waals surface area (Å²) in [7, 11) is 0. The zero-order valence-electron chi connectivity index (χ0n) is 32.9. The molecule has 0 aromatic heterocycles. The Bertz CT molecular complexity index is 2780. The fraction of sp³-hybridized carbons (Fsp3) is 0. The highest BCUT2D eigenvalue weighted by molar-refractivity contribution is 7.00. The summed E-state index contributed by atoms with van der Waals surface area (Å²) < 4.78 is 21.6. The Kier molecular flexibility index (Phi) is 8.16. The van der Waals surface area contributed by atoms with Crippen LogP contribution in [-0.2, 0) is 0 Å². The van der Waals surface area contributed by atoms with Crippen LogP contribution < -0.4 is 45.3 Å². The Morgan fingerprint density at radius 1 is 0.246 bits per heavy atom. The average molecular weight is 786 g/mol. The molecule has 0 aliphatic carbocycles. The smallest absolute Gasteiger partial charge is 0.270 e. The van der Waals surface area contributed by atoms with E-state index in [0.717, 1.165) is 90.6 Å². The molecule has 288 valence electrons. The second-order valence-electron chi connectivity index (χ2n) is 15.2. The first-order valence-corrected chi connectivity index (χ1v) is 20.6. The molecule has 3 aliphatic heterocycles. The van der Waals surface area contributed by atoms with Crippen molar-refractivity contribution in [2.45, 2.75) is 0 Å². The van der Waals surface area contributed by atoms with E-state index in [2.05, 4.69) is 209 Å². The molecule has 3 aliphatic rings. The van der Waals surface area contributed by atoms with E-state index in [1.165, 1.54) is 0 Å². The maximum absolute atomic E-state index is 7.47. The summed E-state index contributed by atoms with van der Waals surface area (Å²) in [5.41, 5.74) is 11.3. The van der Waals surface area contributed by atoms with Gasteiger partial charge >= 0.3 is 0 Å². The van der Waals surface area contributed by atoms with Crippen molar-refractivity contribution in [2.24, 2.45) is 0 Å². The van der Waals surface area contributed by atoms with Gasteiger partial charge < -0.3 is 28.9 Å². The number of nitrogens with zero attached hydrogens (tertiary/aromatic N) is 3. The first kappa shape index (κ1) is 34.8. The van der Waals surface area contributed by atoms with Crippen LogP contribution >= 0.6 is 0 Å². The van der Waals surface area contributed by atoms with Crippen molar-refractivity contribution >= 4 is 74.3 Å². The van der Waals surface area contributed by atoms with Crippen LogP contribution in [0.5, 0.6) is 34.5 Å². The number of para-hydroxylation sites is 6. The van der Waals surface area contributed by atoms with Crippen molar-refractivity contribution in [3.63, 3.8) is 0 Å². The van der Waals surface area contributed by atoms with Crippen LogP contribution in [0.4, 0.5) is 51.2 Å². The third kappa shape index (κ3) is 5.59. The number of ether oxygens (including phenoxy) is 3. The van der Waals surface area contributed by atoms with Crippen LogP contribution in [0.15, 0.2) is 218 Å². The quantitative estimate of drug-likeness (QED) is 0.136. The Morgan fingerprint density at radius 2 is 0.508 bits per heavy atom. The van der Waals surface area contributed by atoms with Gasteiger partial charge in [-0.25, -0.2) is 0 Å².